The van der Waals surface area contributed by atoms with Crippen molar-refractivity contribution in [1.29, 1.82) is 0 Å². The van der Waals surface area contributed by atoms with Crippen molar-refractivity contribution in [3.8, 4) is 0 Å². The maximum atomic E-state index is 12.4. The highest BCUT2D eigenvalue weighted by molar-refractivity contribution is 7.07. The summed E-state index contributed by atoms with van der Waals surface area (Å²) in [5, 5.41) is 10.5. The SMILES string of the molecule is CCNc1cc(C)ccc1C(=O)NC(C)Cc1ccsc1. The summed E-state index contributed by atoms with van der Waals surface area (Å²) in [5.41, 5.74) is 4.02. The quantitative estimate of drug-likeness (QED) is 0.851. The molecule has 3 nitrogen and oxygen atoms in total. The highest BCUT2D eigenvalue weighted by Gasteiger charge is 2.14. The normalized spacial score (nSPS) is 12.0. The lowest BCUT2D eigenvalue weighted by molar-refractivity contribution is 0.0941. The molecular weight excluding hydrogens is 280 g/mol. The molecule has 0 fully saturated rings. The number of amides is 1. The predicted molar refractivity (Wildman–Crippen MR) is 90.3 cm³/mol. The van der Waals surface area contributed by atoms with Gasteiger partial charge in [0.1, 0.15) is 0 Å². The van der Waals surface area contributed by atoms with E-state index in [-0.39, 0.29) is 11.9 Å². The lowest BCUT2D eigenvalue weighted by atomic mass is 10.1. The second-order valence-corrected chi connectivity index (χ2v) is 6.07. The molecule has 112 valence electrons. The second-order valence-electron chi connectivity index (χ2n) is 5.29. The Labute approximate surface area is 130 Å². The summed E-state index contributed by atoms with van der Waals surface area (Å²) >= 11 is 1.68. The van der Waals surface area contributed by atoms with Crippen molar-refractivity contribution in [2.24, 2.45) is 0 Å². The molecule has 1 amide bonds. The fourth-order valence-electron chi connectivity index (χ4n) is 2.31. The van der Waals surface area contributed by atoms with E-state index in [1.165, 1.54) is 5.56 Å². The van der Waals surface area contributed by atoms with E-state index in [9.17, 15) is 4.79 Å². The fourth-order valence-corrected chi connectivity index (χ4v) is 2.99. The van der Waals surface area contributed by atoms with Crippen LogP contribution in [0.1, 0.15) is 35.3 Å². The predicted octanol–water partition coefficient (Wildman–Crippen LogP) is 3.85. The average molecular weight is 302 g/mol. The van der Waals surface area contributed by atoms with Gasteiger partial charge in [0.05, 0.1) is 5.56 Å². The summed E-state index contributed by atoms with van der Waals surface area (Å²) in [6.45, 7) is 6.90. The summed E-state index contributed by atoms with van der Waals surface area (Å²) in [4.78, 5) is 12.4. The minimum Gasteiger partial charge on any atom is -0.385 e. The molecule has 0 aliphatic rings. The van der Waals surface area contributed by atoms with Gasteiger partial charge in [-0.3, -0.25) is 4.79 Å². The molecular formula is C17H22N2OS. The first-order chi connectivity index (χ1) is 10.1. The van der Waals surface area contributed by atoms with Crippen LogP contribution in [0.2, 0.25) is 0 Å². The van der Waals surface area contributed by atoms with Crippen molar-refractivity contribution in [1.82, 2.24) is 5.32 Å². The number of nitrogens with one attached hydrogen (secondary N) is 2. The lowest BCUT2D eigenvalue weighted by Crippen LogP contribution is -2.34. The van der Waals surface area contributed by atoms with Gasteiger partial charge in [0.2, 0.25) is 0 Å². The van der Waals surface area contributed by atoms with Crippen molar-refractivity contribution in [2.75, 3.05) is 11.9 Å². The molecule has 4 heteroatoms. The molecule has 0 spiro atoms. The van der Waals surface area contributed by atoms with Gasteiger partial charge in [0.25, 0.3) is 5.91 Å². The molecule has 2 rings (SSSR count). The standard InChI is InChI=1S/C17H22N2OS/c1-4-18-16-9-12(2)5-6-15(16)17(20)19-13(3)10-14-7-8-21-11-14/h5-9,11,13,18H,4,10H2,1-3H3,(H,19,20). The monoisotopic (exact) mass is 302 g/mol. The molecule has 0 aliphatic heterocycles. The van der Waals surface area contributed by atoms with Crippen LogP contribution in [0.25, 0.3) is 0 Å². The molecule has 1 heterocycles. The number of hydrogen-bond donors (Lipinski definition) is 2. The van der Waals surface area contributed by atoms with Crippen LogP contribution < -0.4 is 10.6 Å². The summed E-state index contributed by atoms with van der Waals surface area (Å²) in [6.07, 6.45) is 0.859. The maximum Gasteiger partial charge on any atom is 0.253 e. The number of benzene rings is 1. The van der Waals surface area contributed by atoms with Gasteiger partial charge in [-0.25, -0.2) is 0 Å². The van der Waals surface area contributed by atoms with Gasteiger partial charge in [0.15, 0.2) is 0 Å². The highest BCUT2D eigenvalue weighted by Crippen LogP contribution is 2.18. The number of thiophene rings is 1. The zero-order valence-electron chi connectivity index (χ0n) is 12.8. The van der Waals surface area contributed by atoms with E-state index in [1.807, 2.05) is 39.0 Å². The largest absolute Gasteiger partial charge is 0.385 e. The molecule has 2 N–H and O–H groups in total. The molecule has 1 unspecified atom stereocenters. The van der Waals surface area contributed by atoms with E-state index < -0.39 is 0 Å². The van der Waals surface area contributed by atoms with Gasteiger partial charge in [0, 0.05) is 18.3 Å². The topological polar surface area (TPSA) is 41.1 Å². The first kappa shape index (κ1) is 15.6. The molecule has 2 aromatic rings. The van der Waals surface area contributed by atoms with Crippen molar-refractivity contribution in [3.63, 3.8) is 0 Å². The number of anilines is 1. The third-order valence-corrected chi connectivity index (χ3v) is 4.02. The van der Waals surface area contributed by atoms with Gasteiger partial charge in [-0.05, 0) is 67.3 Å². The average Bonchev–Trinajstić information content (AvgIpc) is 2.91. The Morgan fingerprint density at radius 2 is 2.14 bits per heavy atom. The summed E-state index contributed by atoms with van der Waals surface area (Å²) in [5.74, 6) is -0.0197. The molecule has 0 saturated heterocycles. The Kier molecular flexibility index (Phi) is 5.39. The van der Waals surface area contributed by atoms with Gasteiger partial charge >= 0.3 is 0 Å². The van der Waals surface area contributed by atoms with E-state index in [2.05, 4.69) is 27.5 Å². The smallest absolute Gasteiger partial charge is 0.253 e. The van der Waals surface area contributed by atoms with Gasteiger partial charge in [-0.15, -0.1) is 0 Å². The van der Waals surface area contributed by atoms with Crippen LogP contribution in [0.4, 0.5) is 5.69 Å². The van der Waals surface area contributed by atoms with Gasteiger partial charge in [-0.1, -0.05) is 6.07 Å². The van der Waals surface area contributed by atoms with E-state index in [4.69, 9.17) is 0 Å². The highest BCUT2D eigenvalue weighted by atomic mass is 32.1. The molecule has 1 aromatic carbocycles. The molecule has 0 aliphatic carbocycles. The molecule has 1 aromatic heterocycles. The van der Waals surface area contributed by atoms with Crippen LogP contribution in [0.5, 0.6) is 0 Å². The maximum absolute atomic E-state index is 12.4. The van der Waals surface area contributed by atoms with E-state index in [1.54, 1.807) is 11.3 Å². The van der Waals surface area contributed by atoms with E-state index in [0.29, 0.717) is 5.56 Å². The Morgan fingerprint density at radius 1 is 1.33 bits per heavy atom. The molecule has 1 atom stereocenters. The Hall–Kier alpha value is -1.81. The van der Waals surface area contributed by atoms with Crippen LogP contribution >= 0.6 is 11.3 Å². The minimum atomic E-state index is -0.0197. The summed E-state index contributed by atoms with van der Waals surface area (Å²) in [7, 11) is 0. The number of hydrogen-bond acceptors (Lipinski definition) is 3. The van der Waals surface area contributed by atoms with Crippen LogP contribution in [-0.4, -0.2) is 18.5 Å². The van der Waals surface area contributed by atoms with E-state index >= 15 is 0 Å². The van der Waals surface area contributed by atoms with Crippen LogP contribution in [0.3, 0.4) is 0 Å². The zero-order chi connectivity index (χ0) is 15.2. The van der Waals surface area contributed by atoms with Crippen molar-refractivity contribution >= 4 is 22.9 Å². The van der Waals surface area contributed by atoms with Gasteiger partial charge in [-0.2, -0.15) is 11.3 Å². The van der Waals surface area contributed by atoms with Crippen molar-refractivity contribution < 1.29 is 4.79 Å². The Bertz CT molecular complexity index is 593. The number of carbonyl (C=O) groups excluding carboxylic acids is 1. The second kappa shape index (κ2) is 7.27. The Balaban J connectivity index is 2.05. The lowest BCUT2D eigenvalue weighted by Gasteiger charge is -2.16. The molecule has 0 saturated carbocycles. The number of rotatable bonds is 6. The summed E-state index contributed by atoms with van der Waals surface area (Å²) < 4.78 is 0. The summed E-state index contributed by atoms with van der Waals surface area (Å²) in [6, 6.07) is 8.09. The molecule has 0 bridgehead atoms. The third-order valence-electron chi connectivity index (χ3n) is 3.29. The Morgan fingerprint density at radius 3 is 2.81 bits per heavy atom. The van der Waals surface area contributed by atoms with Gasteiger partial charge < -0.3 is 10.6 Å². The molecule has 0 radical (unpaired) electrons. The first-order valence-corrected chi connectivity index (χ1v) is 8.21. The number of aryl methyl sites for hydroxylation is 1. The third kappa shape index (κ3) is 4.33. The van der Waals surface area contributed by atoms with Crippen LogP contribution in [0, 0.1) is 6.92 Å². The fraction of sp³-hybridized carbons (Fsp3) is 0.353. The van der Waals surface area contributed by atoms with E-state index in [0.717, 1.165) is 24.2 Å². The van der Waals surface area contributed by atoms with Crippen molar-refractivity contribution in [2.45, 2.75) is 33.2 Å². The van der Waals surface area contributed by atoms with Crippen LogP contribution in [0.15, 0.2) is 35.0 Å². The zero-order valence-corrected chi connectivity index (χ0v) is 13.6. The van der Waals surface area contributed by atoms with Crippen molar-refractivity contribution in [3.05, 3.63) is 51.7 Å². The van der Waals surface area contributed by atoms with Crippen LogP contribution in [-0.2, 0) is 6.42 Å². The minimum absolute atomic E-state index is 0.0197. The number of carbonyl (C=O) groups is 1. The first-order valence-electron chi connectivity index (χ1n) is 7.26. The molecule has 21 heavy (non-hydrogen) atoms.